The van der Waals surface area contributed by atoms with Gasteiger partial charge in [-0.15, -0.1) is 0 Å². The highest BCUT2D eigenvalue weighted by Crippen LogP contribution is 2.27. The van der Waals surface area contributed by atoms with Gasteiger partial charge in [0.2, 0.25) is 5.91 Å². The number of rotatable bonds is 10. The molecule has 1 aliphatic rings. The molecule has 0 fully saturated rings. The molecule has 1 aliphatic carbocycles. The lowest BCUT2D eigenvalue weighted by Crippen LogP contribution is -2.39. The van der Waals surface area contributed by atoms with Gasteiger partial charge in [0.1, 0.15) is 5.75 Å². The Morgan fingerprint density at radius 1 is 0.917 bits per heavy atom. The van der Waals surface area contributed by atoms with Crippen LogP contribution in [0.25, 0.3) is 11.1 Å². The van der Waals surface area contributed by atoms with Crippen LogP contribution < -0.4 is 10.1 Å². The number of nitrogens with one attached hydrogen (secondary N) is 1. The van der Waals surface area contributed by atoms with Gasteiger partial charge in [-0.2, -0.15) is 0 Å². The quantitative estimate of drug-likeness (QED) is 0.285. The lowest BCUT2D eigenvalue weighted by atomic mass is 9.99. The van der Waals surface area contributed by atoms with E-state index in [1.165, 1.54) is 11.1 Å². The van der Waals surface area contributed by atoms with Crippen LogP contribution in [-0.2, 0) is 33.6 Å². The van der Waals surface area contributed by atoms with Crippen LogP contribution >= 0.6 is 11.6 Å². The third-order valence-electron chi connectivity index (χ3n) is 6.24. The number of esters is 1. The predicted molar refractivity (Wildman–Crippen MR) is 138 cm³/mol. The predicted octanol–water partition coefficient (Wildman–Crippen LogP) is 5.38. The molecule has 6 nitrogen and oxygen atoms in total. The summed E-state index contributed by atoms with van der Waals surface area (Å²) in [5.41, 5.74) is 5.41. The number of carbonyl (C=O) groups is 3. The van der Waals surface area contributed by atoms with Gasteiger partial charge in [-0.3, -0.25) is 14.4 Å². The van der Waals surface area contributed by atoms with E-state index in [9.17, 15) is 14.4 Å². The van der Waals surface area contributed by atoms with E-state index < -0.39 is 23.9 Å². The molecule has 1 amide bonds. The van der Waals surface area contributed by atoms with Crippen LogP contribution in [0.1, 0.15) is 42.4 Å². The molecule has 36 heavy (non-hydrogen) atoms. The normalized spacial score (nSPS) is 13.0. The molecule has 0 bridgehead atoms. The van der Waals surface area contributed by atoms with Crippen LogP contribution in [0.2, 0.25) is 5.02 Å². The van der Waals surface area contributed by atoms with E-state index >= 15 is 0 Å². The molecule has 7 heteroatoms. The molecule has 1 atom stereocenters. The lowest BCUT2D eigenvalue weighted by Gasteiger charge is -2.19. The van der Waals surface area contributed by atoms with Crippen LogP contribution in [0, 0.1) is 0 Å². The highest BCUT2D eigenvalue weighted by Gasteiger charge is 2.20. The first kappa shape index (κ1) is 25.5. The average Bonchev–Trinajstić information content (AvgIpc) is 3.31. The van der Waals surface area contributed by atoms with Crippen molar-refractivity contribution in [2.75, 3.05) is 0 Å². The Morgan fingerprint density at radius 3 is 2.44 bits per heavy atom. The fourth-order valence-corrected chi connectivity index (χ4v) is 4.66. The number of benzene rings is 3. The first-order valence-corrected chi connectivity index (χ1v) is 12.4. The third-order valence-corrected chi connectivity index (χ3v) is 6.47. The number of amides is 1. The standard InChI is InChI=1S/C29H28ClNO5/c30-24-6-2-5-22(16-24)21-9-7-19(8-10-21)15-25(31-27(32)13-14-28(33)34)18-29(35)36-26-12-11-20-3-1-4-23(20)17-26/h2,5-12,16-17,25H,1,3-4,13-15,18H2,(H,31,32)(H,33,34). The van der Waals surface area contributed by atoms with E-state index in [0.717, 1.165) is 36.0 Å². The van der Waals surface area contributed by atoms with Gasteiger partial charge < -0.3 is 15.2 Å². The number of hydrogen-bond donors (Lipinski definition) is 2. The van der Waals surface area contributed by atoms with E-state index in [0.29, 0.717) is 17.2 Å². The third kappa shape index (κ3) is 7.18. The van der Waals surface area contributed by atoms with Crippen molar-refractivity contribution in [2.45, 2.75) is 51.0 Å². The summed E-state index contributed by atoms with van der Waals surface area (Å²) in [6.07, 6.45) is 3.07. The SMILES string of the molecule is O=C(O)CCC(=O)NC(CC(=O)Oc1ccc2c(c1)CCC2)Cc1ccc(-c2cccc(Cl)c2)cc1. The number of carboxylic acid groups (broad SMARTS) is 1. The number of ether oxygens (including phenoxy) is 1. The minimum absolute atomic E-state index is 0.0358. The Balaban J connectivity index is 1.43. The molecule has 1 unspecified atom stereocenters. The van der Waals surface area contributed by atoms with Crippen molar-refractivity contribution in [2.24, 2.45) is 0 Å². The zero-order valence-corrected chi connectivity index (χ0v) is 20.6. The number of aliphatic carboxylic acids is 1. The van der Waals surface area contributed by atoms with Crippen LogP contribution in [0.4, 0.5) is 0 Å². The molecule has 0 radical (unpaired) electrons. The van der Waals surface area contributed by atoms with E-state index in [1.807, 2.05) is 60.7 Å². The van der Waals surface area contributed by atoms with Gasteiger partial charge in [-0.25, -0.2) is 0 Å². The van der Waals surface area contributed by atoms with Crippen molar-refractivity contribution >= 4 is 29.4 Å². The number of hydrogen-bond acceptors (Lipinski definition) is 4. The van der Waals surface area contributed by atoms with E-state index in [4.69, 9.17) is 21.4 Å². The van der Waals surface area contributed by atoms with Crippen molar-refractivity contribution in [3.63, 3.8) is 0 Å². The van der Waals surface area contributed by atoms with E-state index in [2.05, 4.69) is 5.32 Å². The summed E-state index contributed by atoms with van der Waals surface area (Å²) in [4.78, 5) is 35.9. The molecule has 3 aromatic rings. The number of aryl methyl sites for hydroxylation is 2. The second-order valence-corrected chi connectivity index (χ2v) is 9.47. The molecule has 4 rings (SSSR count). The van der Waals surface area contributed by atoms with Gasteiger partial charge in [0.15, 0.2) is 0 Å². The summed E-state index contributed by atoms with van der Waals surface area (Å²) >= 11 is 6.10. The Morgan fingerprint density at radius 2 is 1.69 bits per heavy atom. The molecule has 0 saturated heterocycles. The van der Waals surface area contributed by atoms with Gasteiger partial charge in [0.25, 0.3) is 0 Å². The number of carbonyl (C=O) groups excluding carboxylic acids is 2. The Kier molecular flexibility index (Phi) is 8.39. The molecular formula is C29H28ClNO5. The monoisotopic (exact) mass is 505 g/mol. The molecule has 2 N–H and O–H groups in total. The van der Waals surface area contributed by atoms with Gasteiger partial charge >= 0.3 is 11.9 Å². The number of halogens is 1. The maximum Gasteiger partial charge on any atom is 0.313 e. The van der Waals surface area contributed by atoms with E-state index in [1.54, 1.807) is 6.07 Å². The molecule has 0 spiro atoms. The Hall–Kier alpha value is -3.64. The number of fused-ring (bicyclic) bond motifs is 1. The van der Waals surface area contributed by atoms with Crippen LogP contribution in [-0.4, -0.2) is 29.0 Å². The van der Waals surface area contributed by atoms with Crippen LogP contribution in [0.3, 0.4) is 0 Å². The first-order valence-electron chi connectivity index (χ1n) is 12.0. The minimum atomic E-state index is -1.05. The zero-order valence-electron chi connectivity index (χ0n) is 19.8. The largest absolute Gasteiger partial charge is 0.481 e. The average molecular weight is 506 g/mol. The summed E-state index contributed by atoms with van der Waals surface area (Å²) in [6, 6.07) is 20.6. The van der Waals surface area contributed by atoms with Crippen molar-refractivity contribution in [1.82, 2.24) is 5.32 Å². The lowest BCUT2D eigenvalue weighted by molar-refractivity contribution is -0.139. The number of carboxylic acids is 1. The molecule has 186 valence electrons. The van der Waals surface area contributed by atoms with Crippen molar-refractivity contribution in [1.29, 1.82) is 0 Å². The highest BCUT2D eigenvalue weighted by atomic mass is 35.5. The highest BCUT2D eigenvalue weighted by molar-refractivity contribution is 6.30. The fraction of sp³-hybridized carbons (Fsp3) is 0.276. The maximum absolute atomic E-state index is 12.8. The van der Waals surface area contributed by atoms with Gasteiger partial charge in [-0.05, 0) is 77.8 Å². The maximum atomic E-state index is 12.8. The van der Waals surface area contributed by atoms with E-state index in [-0.39, 0.29) is 19.3 Å². The molecule has 0 aromatic heterocycles. The fourth-order valence-electron chi connectivity index (χ4n) is 4.47. The molecule has 0 aliphatic heterocycles. The van der Waals surface area contributed by atoms with Crippen LogP contribution in [0.15, 0.2) is 66.7 Å². The smallest absolute Gasteiger partial charge is 0.313 e. The summed E-state index contributed by atoms with van der Waals surface area (Å²) in [6.45, 7) is 0. The van der Waals surface area contributed by atoms with Gasteiger partial charge in [-0.1, -0.05) is 54.1 Å². The second kappa shape index (κ2) is 11.9. The second-order valence-electron chi connectivity index (χ2n) is 9.03. The van der Waals surface area contributed by atoms with Crippen molar-refractivity contribution in [3.05, 3.63) is 88.4 Å². The topological polar surface area (TPSA) is 92.7 Å². The van der Waals surface area contributed by atoms with Gasteiger partial charge in [0, 0.05) is 17.5 Å². The molecule has 0 saturated carbocycles. The summed E-state index contributed by atoms with van der Waals surface area (Å²) in [5, 5.41) is 12.4. The summed E-state index contributed by atoms with van der Waals surface area (Å²) < 4.78 is 5.58. The zero-order chi connectivity index (χ0) is 25.5. The first-order chi connectivity index (χ1) is 17.4. The molecule has 0 heterocycles. The summed E-state index contributed by atoms with van der Waals surface area (Å²) in [7, 11) is 0. The summed E-state index contributed by atoms with van der Waals surface area (Å²) in [5.74, 6) is -1.41. The molecular weight excluding hydrogens is 478 g/mol. The van der Waals surface area contributed by atoms with Crippen molar-refractivity contribution < 1.29 is 24.2 Å². The minimum Gasteiger partial charge on any atom is -0.481 e. The van der Waals surface area contributed by atoms with Crippen LogP contribution in [0.5, 0.6) is 5.75 Å². The molecule has 3 aromatic carbocycles. The Labute approximate surface area is 215 Å². The van der Waals surface area contributed by atoms with Gasteiger partial charge in [0.05, 0.1) is 12.8 Å². The van der Waals surface area contributed by atoms with Crippen molar-refractivity contribution in [3.8, 4) is 16.9 Å². The Bertz CT molecular complexity index is 1250.